The van der Waals surface area contributed by atoms with Gasteiger partial charge in [0.15, 0.2) is 0 Å². The average Bonchev–Trinajstić information content (AvgIpc) is 2.46. The summed E-state index contributed by atoms with van der Waals surface area (Å²) < 4.78 is 5.36. The van der Waals surface area contributed by atoms with Crippen molar-refractivity contribution in [3.8, 4) is 0 Å². The SMILES string of the molecule is CCC(COC)N1CCNC(C)(c2ccccc2)C1. The predicted molar refractivity (Wildman–Crippen MR) is 79.3 cm³/mol. The van der Waals surface area contributed by atoms with Crippen molar-refractivity contribution in [3.05, 3.63) is 35.9 Å². The molecule has 1 aromatic carbocycles. The molecule has 1 saturated heterocycles. The van der Waals surface area contributed by atoms with E-state index in [0.717, 1.165) is 32.7 Å². The summed E-state index contributed by atoms with van der Waals surface area (Å²) in [5.41, 5.74) is 1.41. The van der Waals surface area contributed by atoms with Crippen molar-refractivity contribution >= 4 is 0 Å². The second-order valence-corrected chi connectivity index (χ2v) is 5.61. The Hall–Kier alpha value is -0.900. The number of hydrogen-bond acceptors (Lipinski definition) is 3. The Morgan fingerprint density at radius 1 is 1.37 bits per heavy atom. The van der Waals surface area contributed by atoms with E-state index in [-0.39, 0.29) is 5.54 Å². The molecule has 1 aliphatic rings. The summed E-state index contributed by atoms with van der Waals surface area (Å²) in [4.78, 5) is 2.56. The first kappa shape index (κ1) is 14.5. The third-order valence-corrected chi connectivity index (χ3v) is 4.19. The maximum absolute atomic E-state index is 5.36. The van der Waals surface area contributed by atoms with Crippen LogP contribution in [0.3, 0.4) is 0 Å². The van der Waals surface area contributed by atoms with Gasteiger partial charge in [0.05, 0.1) is 12.1 Å². The third kappa shape index (κ3) is 3.35. The van der Waals surface area contributed by atoms with Gasteiger partial charge < -0.3 is 10.1 Å². The monoisotopic (exact) mass is 262 g/mol. The lowest BCUT2D eigenvalue weighted by atomic mass is 9.89. The zero-order chi connectivity index (χ0) is 13.7. The minimum Gasteiger partial charge on any atom is -0.383 e. The highest BCUT2D eigenvalue weighted by Gasteiger charge is 2.34. The molecule has 0 aromatic heterocycles. The highest BCUT2D eigenvalue weighted by Crippen LogP contribution is 2.25. The van der Waals surface area contributed by atoms with Crippen molar-refractivity contribution < 1.29 is 4.74 Å². The molecule has 0 saturated carbocycles. The van der Waals surface area contributed by atoms with E-state index in [9.17, 15) is 0 Å². The van der Waals surface area contributed by atoms with Crippen LogP contribution in [0.5, 0.6) is 0 Å². The molecule has 1 aliphatic heterocycles. The lowest BCUT2D eigenvalue weighted by Crippen LogP contribution is -2.59. The van der Waals surface area contributed by atoms with Crippen molar-refractivity contribution in [3.63, 3.8) is 0 Å². The maximum atomic E-state index is 5.36. The zero-order valence-corrected chi connectivity index (χ0v) is 12.4. The first-order valence-electron chi connectivity index (χ1n) is 7.23. The van der Waals surface area contributed by atoms with Crippen molar-refractivity contribution in [1.82, 2.24) is 10.2 Å². The first-order chi connectivity index (χ1) is 9.19. The normalized spacial score (nSPS) is 26.3. The minimum atomic E-state index is 0.0423. The Bertz CT molecular complexity index is 382. The second kappa shape index (κ2) is 6.51. The minimum absolute atomic E-state index is 0.0423. The zero-order valence-electron chi connectivity index (χ0n) is 12.4. The Morgan fingerprint density at radius 3 is 2.74 bits per heavy atom. The van der Waals surface area contributed by atoms with Crippen LogP contribution in [0, 0.1) is 0 Å². The molecule has 1 aromatic rings. The fourth-order valence-corrected chi connectivity index (χ4v) is 3.00. The molecule has 1 N–H and O–H groups in total. The van der Waals surface area contributed by atoms with E-state index in [1.54, 1.807) is 7.11 Å². The molecule has 2 unspecified atom stereocenters. The van der Waals surface area contributed by atoms with Gasteiger partial charge in [0.1, 0.15) is 0 Å². The molecule has 0 aliphatic carbocycles. The van der Waals surface area contributed by atoms with Gasteiger partial charge in [0.25, 0.3) is 0 Å². The van der Waals surface area contributed by atoms with Crippen LogP contribution in [0.25, 0.3) is 0 Å². The molecule has 2 atom stereocenters. The standard InChI is InChI=1S/C16H26N2O/c1-4-15(12-19-3)18-11-10-17-16(2,13-18)14-8-6-5-7-9-14/h5-9,15,17H,4,10-13H2,1-3H3. The first-order valence-corrected chi connectivity index (χ1v) is 7.23. The molecule has 19 heavy (non-hydrogen) atoms. The van der Waals surface area contributed by atoms with Crippen molar-refractivity contribution in [2.24, 2.45) is 0 Å². The van der Waals surface area contributed by atoms with Crippen LogP contribution in [0.2, 0.25) is 0 Å². The lowest BCUT2D eigenvalue weighted by molar-refractivity contribution is 0.0464. The van der Waals surface area contributed by atoms with Crippen molar-refractivity contribution in [1.29, 1.82) is 0 Å². The molecule has 0 bridgehead atoms. The average molecular weight is 262 g/mol. The van der Waals surface area contributed by atoms with E-state index in [0.29, 0.717) is 6.04 Å². The molecule has 3 heteroatoms. The summed E-state index contributed by atoms with van der Waals surface area (Å²) in [6, 6.07) is 11.3. The highest BCUT2D eigenvalue weighted by atomic mass is 16.5. The molecule has 2 rings (SSSR count). The fraction of sp³-hybridized carbons (Fsp3) is 0.625. The van der Waals surface area contributed by atoms with Gasteiger partial charge in [-0.15, -0.1) is 0 Å². The van der Waals surface area contributed by atoms with Crippen LogP contribution < -0.4 is 5.32 Å². The molecule has 0 spiro atoms. The van der Waals surface area contributed by atoms with E-state index in [2.05, 4.69) is 54.4 Å². The largest absolute Gasteiger partial charge is 0.383 e. The Balaban J connectivity index is 2.11. The summed E-state index contributed by atoms with van der Waals surface area (Å²) in [5, 5.41) is 3.68. The topological polar surface area (TPSA) is 24.5 Å². The quantitative estimate of drug-likeness (QED) is 0.880. The van der Waals surface area contributed by atoms with E-state index in [1.165, 1.54) is 5.56 Å². The van der Waals surface area contributed by atoms with E-state index in [1.807, 2.05) is 0 Å². The summed E-state index contributed by atoms with van der Waals surface area (Å²) in [5.74, 6) is 0. The molecular formula is C16H26N2O. The Morgan fingerprint density at radius 2 is 2.11 bits per heavy atom. The number of nitrogens with one attached hydrogen (secondary N) is 1. The molecular weight excluding hydrogens is 236 g/mol. The number of methoxy groups -OCH3 is 1. The van der Waals surface area contributed by atoms with E-state index < -0.39 is 0 Å². The van der Waals surface area contributed by atoms with Gasteiger partial charge in [-0.3, -0.25) is 4.90 Å². The summed E-state index contributed by atoms with van der Waals surface area (Å²) >= 11 is 0. The number of nitrogens with zero attached hydrogens (tertiary/aromatic N) is 1. The molecule has 1 heterocycles. The van der Waals surface area contributed by atoms with Gasteiger partial charge in [0.2, 0.25) is 0 Å². The van der Waals surface area contributed by atoms with Crippen molar-refractivity contribution in [2.45, 2.75) is 31.8 Å². The molecule has 106 valence electrons. The molecule has 0 amide bonds. The van der Waals surface area contributed by atoms with Crippen LogP contribution in [-0.2, 0) is 10.3 Å². The van der Waals surface area contributed by atoms with Gasteiger partial charge >= 0.3 is 0 Å². The number of rotatable bonds is 5. The van der Waals surface area contributed by atoms with Gasteiger partial charge in [-0.05, 0) is 18.9 Å². The summed E-state index contributed by atoms with van der Waals surface area (Å²) in [6.07, 6.45) is 1.14. The van der Waals surface area contributed by atoms with Crippen LogP contribution in [0.4, 0.5) is 0 Å². The van der Waals surface area contributed by atoms with Gasteiger partial charge in [-0.1, -0.05) is 37.3 Å². The van der Waals surface area contributed by atoms with E-state index in [4.69, 9.17) is 4.74 Å². The fourth-order valence-electron chi connectivity index (χ4n) is 3.00. The second-order valence-electron chi connectivity index (χ2n) is 5.61. The van der Waals surface area contributed by atoms with E-state index >= 15 is 0 Å². The number of hydrogen-bond donors (Lipinski definition) is 1. The van der Waals surface area contributed by atoms with Crippen LogP contribution in [0.15, 0.2) is 30.3 Å². The third-order valence-electron chi connectivity index (χ3n) is 4.19. The van der Waals surface area contributed by atoms with Gasteiger partial charge in [-0.25, -0.2) is 0 Å². The number of piperazine rings is 1. The Labute approximate surface area is 116 Å². The summed E-state index contributed by atoms with van der Waals surface area (Å²) in [7, 11) is 1.79. The van der Waals surface area contributed by atoms with Crippen LogP contribution >= 0.6 is 0 Å². The van der Waals surface area contributed by atoms with Crippen LogP contribution in [-0.4, -0.2) is 44.3 Å². The molecule has 3 nitrogen and oxygen atoms in total. The van der Waals surface area contributed by atoms with Gasteiger partial charge in [-0.2, -0.15) is 0 Å². The number of ether oxygens (including phenoxy) is 1. The highest BCUT2D eigenvalue weighted by molar-refractivity contribution is 5.25. The Kier molecular flexibility index (Phi) is 4.97. The lowest BCUT2D eigenvalue weighted by Gasteiger charge is -2.44. The van der Waals surface area contributed by atoms with Gasteiger partial charge in [0, 0.05) is 32.8 Å². The number of benzene rings is 1. The maximum Gasteiger partial charge on any atom is 0.0617 e. The smallest absolute Gasteiger partial charge is 0.0617 e. The summed E-state index contributed by atoms with van der Waals surface area (Å²) in [6.45, 7) is 8.54. The van der Waals surface area contributed by atoms with Crippen molar-refractivity contribution in [2.75, 3.05) is 33.4 Å². The predicted octanol–water partition coefficient (Wildman–Crippen LogP) is 2.23. The molecule has 0 radical (unpaired) electrons. The molecule has 1 fully saturated rings. The van der Waals surface area contributed by atoms with Crippen LogP contribution in [0.1, 0.15) is 25.8 Å².